The van der Waals surface area contributed by atoms with Crippen LogP contribution in [0.1, 0.15) is 57.9 Å². The highest BCUT2D eigenvalue weighted by Gasteiger charge is 2.39. The Morgan fingerprint density at radius 1 is 1.23 bits per heavy atom. The van der Waals surface area contributed by atoms with Crippen LogP contribution in [0.5, 0.6) is 0 Å². The van der Waals surface area contributed by atoms with Crippen molar-refractivity contribution in [1.29, 1.82) is 0 Å². The number of carbonyl (C=O) groups is 2. The molecule has 1 aromatic carbocycles. The standard InChI is InChI=1S/C26H36O5/c1-19(2)31-26(30)13-9-4-3-8-12-22-23(25(29)18-24(22)28)17-16-21(27)15-14-20-10-6-5-7-11-20/h3,5-8,10-11,16-17,19,21-23,25,27,29H,4,9,12-15,18H2,1-2H3/t21-,22+,23+,25+/m0/s1. The van der Waals surface area contributed by atoms with Gasteiger partial charge < -0.3 is 14.9 Å². The van der Waals surface area contributed by atoms with Crippen LogP contribution >= 0.6 is 0 Å². The molecule has 0 spiro atoms. The molecule has 0 bridgehead atoms. The van der Waals surface area contributed by atoms with E-state index in [0.717, 1.165) is 12.8 Å². The van der Waals surface area contributed by atoms with Gasteiger partial charge >= 0.3 is 5.97 Å². The van der Waals surface area contributed by atoms with Gasteiger partial charge in [0.25, 0.3) is 0 Å². The highest BCUT2D eigenvalue weighted by Crippen LogP contribution is 2.33. The van der Waals surface area contributed by atoms with Crippen LogP contribution < -0.4 is 0 Å². The van der Waals surface area contributed by atoms with E-state index in [2.05, 4.69) is 0 Å². The van der Waals surface area contributed by atoms with Gasteiger partial charge in [-0.05, 0) is 51.5 Å². The van der Waals surface area contributed by atoms with Crippen LogP contribution in [0.25, 0.3) is 0 Å². The maximum absolute atomic E-state index is 12.3. The van der Waals surface area contributed by atoms with Crippen molar-refractivity contribution in [3.05, 3.63) is 60.2 Å². The van der Waals surface area contributed by atoms with Crippen LogP contribution in [0, 0.1) is 11.8 Å². The van der Waals surface area contributed by atoms with E-state index in [1.165, 1.54) is 5.56 Å². The molecule has 2 rings (SSSR count). The number of aliphatic hydroxyl groups excluding tert-OH is 2. The summed E-state index contributed by atoms with van der Waals surface area (Å²) in [4.78, 5) is 23.8. The summed E-state index contributed by atoms with van der Waals surface area (Å²) in [5.74, 6) is -0.668. The predicted octanol–water partition coefficient (Wildman–Crippen LogP) is 4.17. The van der Waals surface area contributed by atoms with Gasteiger partial charge in [0.2, 0.25) is 0 Å². The molecular weight excluding hydrogens is 392 g/mol. The molecular formula is C26H36O5. The number of benzene rings is 1. The Morgan fingerprint density at radius 2 is 1.97 bits per heavy atom. The monoisotopic (exact) mass is 428 g/mol. The largest absolute Gasteiger partial charge is 0.463 e. The van der Waals surface area contributed by atoms with Gasteiger partial charge in [0.15, 0.2) is 0 Å². The number of Topliss-reactive ketones (excluding diaryl/α,β-unsaturated/α-hetero) is 1. The molecule has 0 aromatic heterocycles. The van der Waals surface area contributed by atoms with Crippen molar-refractivity contribution in [2.24, 2.45) is 11.8 Å². The zero-order valence-corrected chi connectivity index (χ0v) is 18.7. The fraction of sp³-hybridized carbons (Fsp3) is 0.538. The lowest BCUT2D eigenvalue weighted by Crippen LogP contribution is -2.19. The molecule has 0 aliphatic heterocycles. The van der Waals surface area contributed by atoms with Crippen LogP contribution in [0.2, 0.25) is 0 Å². The van der Waals surface area contributed by atoms with Crippen LogP contribution in [0.3, 0.4) is 0 Å². The van der Waals surface area contributed by atoms with Gasteiger partial charge in [-0.2, -0.15) is 0 Å². The molecule has 1 fully saturated rings. The maximum Gasteiger partial charge on any atom is 0.306 e. The predicted molar refractivity (Wildman–Crippen MR) is 121 cm³/mol. The fourth-order valence-corrected chi connectivity index (χ4v) is 3.89. The number of ketones is 1. The van der Waals surface area contributed by atoms with Gasteiger partial charge in [0.1, 0.15) is 5.78 Å². The molecule has 0 saturated heterocycles. The average molecular weight is 429 g/mol. The molecule has 1 aromatic rings. The molecule has 5 heteroatoms. The molecule has 1 saturated carbocycles. The second-order valence-corrected chi connectivity index (χ2v) is 8.54. The molecule has 0 radical (unpaired) electrons. The molecule has 1 aliphatic carbocycles. The number of aryl methyl sites for hydroxylation is 1. The van der Waals surface area contributed by atoms with Crippen molar-refractivity contribution < 1.29 is 24.5 Å². The van der Waals surface area contributed by atoms with Gasteiger partial charge in [0, 0.05) is 24.7 Å². The Kier molecular flexibility index (Phi) is 10.7. The van der Waals surface area contributed by atoms with Crippen LogP contribution in [0.15, 0.2) is 54.6 Å². The second-order valence-electron chi connectivity index (χ2n) is 8.54. The van der Waals surface area contributed by atoms with Gasteiger partial charge in [-0.25, -0.2) is 0 Å². The molecule has 0 heterocycles. The second kappa shape index (κ2) is 13.2. The molecule has 170 valence electrons. The van der Waals surface area contributed by atoms with E-state index in [0.29, 0.717) is 25.7 Å². The Balaban J connectivity index is 1.77. The Morgan fingerprint density at radius 3 is 2.68 bits per heavy atom. The van der Waals surface area contributed by atoms with Crippen LogP contribution in [0.4, 0.5) is 0 Å². The lowest BCUT2D eigenvalue weighted by molar-refractivity contribution is -0.147. The minimum atomic E-state index is -0.700. The smallest absolute Gasteiger partial charge is 0.306 e. The number of esters is 1. The van der Waals surface area contributed by atoms with Crippen molar-refractivity contribution in [2.45, 2.75) is 77.1 Å². The summed E-state index contributed by atoms with van der Waals surface area (Å²) < 4.78 is 5.10. The van der Waals surface area contributed by atoms with Crippen molar-refractivity contribution >= 4 is 11.8 Å². The van der Waals surface area contributed by atoms with Crippen molar-refractivity contribution in [2.75, 3.05) is 0 Å². The van der Waals surface area contributed by atoms with Gasteiger partial charge in [0.05, 0.1) is 18.3 Å². The van der Waals surface area contributed by atoms with E-state index in [-0.39, 0.29) is 36.1 Å². The van der Waals surface area contributed by atoms with E-state index < -0.39 is 12.2 Å². The van der Waals surface area contributed by atoms with Gasteiger partial charge in [-0.3, -0.25) is 9.59 Å². The Labute approximate surface area is 185 Å². The van der Waals surface area contributed by atoms with Crippen LogP contribution in [-0.2, 0) is 20.7 Å². The third kappa shape index (κ3) is 9.19. The third-order valence-corrected chi connectivity index (χ3v) is 5.54. The maximum atomic E-state index is 12.3. The topological polar surface area (TPSA) is 83.8 Å². The Bertz CT molecular complexity index is 737. The summed E-state index contributed by atoms with van der Waals surface area (Å²) in [7, 11) is 0. The molecule has 31 heavy (non-hydrogen) atoms. The zero-order chi connectivity index (χ0) is 22.6. The minimum absolute atomic E-state index is 0.0612. The lowest BCUT2D eigenvalue weighted by Gasteiger charge is -2.16. The highest BCUT2D eigenvalue weighted by atomic mass is 16.5. The number of carbonyl (C=O) groups excluding carboxylic acids is 2. The summed E-state index contributed by atoms with van der Waals surface area (Å²) in [6, 6.07) is 9.99. The first kappa shape index (κ1) is 25.0. The number of unbranched alkanes of at least 4 members (excludes halogenated alkanes) is 1. The summed E-state index contributed by atoms with van der Waals surface area (Å²) >= 11 is 0. The summed E-state index contributed by atoms with van der Waals surface area (Å²) in [6.45, 7) is 3.66. The Hall–Kier alpha value is -2.24. The van der Waals surface area contributed by atoms with Crippen molar-refractivity contribution in [1.82, 2.24) is 0 Å². The quantitative estimate of drug-likeness (QED) is 0.297. The number of hydrogen-bond acceptors (Lipinski definition) is 5. The number of ether oxygens (including phenoxy) is 1. The first-order valence-corrected chi connectivity index (χ1v) is 11.3. The first-order valence-electron chi connectivity index (χ1n) is 11.3. The van der Waals surface area contributed by atoms with E-state index in [1.807, 2.05) is 62.4 Å². The lowest BCUT2D eigenvalue weighted by atomic mass is 9.90. The number of aliphatic hydroxyl groups is 2. The molecule has 1 aliphatic rings. The summed E-state index contributed by atoms with van der Waals surface area (Å²) in [5.41, 5.74) is 1.17. The highest BCUT2D eigenvalue weighted by molar-refractivity contribution is 5.84. The molecule has 0 unspecified atom stereocenters. The number of hydrogen-bond donors (Lipinski definition) is 2. The van der Waals surface area contributed by atoms with Gasteiger partial charge in [-0.15, -0.1) is 0 Å². The summed E-state index contributed by atoms with van der Waals surface area (Å²) in [5, 5.41) is 20.6. The molecule has 0 amide bonds. The van der Waals surface area contributed by atoms with Crippen molar-refractivity contribution in [3.8, 4) is 0 Å². The molecule has 4 atom stereocenters. The van der Waals surface area contributed by atoms with E-state index in [1.54, 1.807) is 6.08 Å². The normalized spacial score (nSPS) is 22.6. The van der Waals surface area contributed by atoms with E-state index >= 15 is 0 Å². The summed E-state index contributed by atoms with van der Waals surface area (Å²) in [6.07, 6.45) is 10.00. The molecule has 5 nitrogen and oxygen atoms in total. The van der Waals surface area contributed by atoms with Crippen molar-refractivity contribution in [3.63, 3.8) is 0 Å². The SMILES string of the molecule is CC(C)OC(=O)CCCC=CC[C@H]1C(=O)C[C@@H](O)[C@@H]1C=C[C@@H](O)CCc1ccccc1. The fourth-order valence-electron chi connectivity index (χ4n) is 3.89. The first-order chi connectivity index (χ1) is 14.9. The molecule has 2 N–H and O–H groups in total. The number of allylic oxidation sites excluding steroid dienone is 2. The minimum Gasteiger partial charge on any atom is -0.463 e. The van der Waals surface area contributed by atoms with Crippen LogP contribution in [-0.4, -0.2) is 40.3 Å². The van der Waals surface area contributed by atoms with E-state index in [9.17, 15) is 19.8 Å². The van der Waals surface area contributed by atoms with E-state index in [4.69, 9.17) is 4.74 Å². The third-order valence-electron chi connectivity index (χ3n) is 5.54. The zero-order valence-electron chi connectivity index (χ0n) is 18.7. The number of rotatable bonds is 12. The van der Waals surface area contributed by atoms with Gasteiger partial charge in [-0.1, -0.05) is 54.6 Å². The average Bonchev–Trinajstić information content (AvgIpc) is 3.00.